The predicted octanol–water partition coefficient (Wildman–Crippen LogP) is 5.29. The lowest BCUT2D eigenvalue weighted by Gasteiger charge is -2.10. The summed E-state index contributed by atoms with van der Waals surface area (Å²) >= 11 is 0. The summed E-state index contributed by atoms with van der Waals surface area (Å²) in [5.41, 5.74) is 2.28. The van der Waals surface area contributed by atoms with Crippen LogP contribution in [0.1, 0.15) is 31.9 Å². The van der Waals surface area contributed by atoms with E-state index in [1.165, 1.54) is 11.6 Å². The van der Waals surface area contributed by atoms with E-state index in [2.05, 4.69) is 57.2 Å². The Hall–Kier alpha value is -2.17. The molecule has 0 aromatic heterocycles. The third kappa shape index (κ3) is 10.5. The van der Waals surface area contributed by atoms with Crippen LogP contribution in [0, 0.1) is 5.41 Å². The largest absolute Gasteiger partial charge is 0.287 e. The van der Waals surface area contributed by atoms with Gasteiger partial charge in [-0.2, -0.15) is 8.42 Å². The van der Waals surface area contributed by atoms with Crippen molar-refractivity contribution in [1.82, 2.24) is 0 Å². The lowest BCUT2D eigenvalue weighted by Crippen LogP contribution is -1.97. The highest BCUT2D eigenvalue weighted by Crippen LogP contribution is 2.16. The van der Waals surface area contributed by atoms with Crippen molar-refractivity contribution in [3.05, 3.63) is 83.3 Å². The van der Waals surface area contributed by atoms with E-state index in [1.807, 2.05) is 12.1 Å². The molecule has 128 valence electrons. The van der Waals surface area contributed by atoms with Crippen LogP contribution in [0.15, 0.2) is 72.1 Å². The summed E-state index contributed by atoms with van der Waals surface area (Å²) in [7, 11) is -4.00. The Morgan fingerprint density at radius 3 is 1.58 bits per heavy atom. The van der Waals surface area contributed by atoms with Crippen LogP contribution in [0.2, 0.25) is 0 Å². The van der Waals surface area contributed by atoms with Crippen LogP contribution in [-0.2, 0) is 10.1 Å². The van der Waals surface area contributed by atoms with Gasteiger partial charge in [0.05, 0.1) is 5.41 Å². The van der Waals surface area contributed by atoms with Crippen molar-refractivity contribution in [3.8, 4) is 0 Å². The molecule has 24 heavy (non-hydrogen) atoms. The SMILES string of the molecule is CC(C)(C)C=Cc1ccccc1.O=S(=O)(O)C=Cc1ccccc1. The molecule has 0 radical (unpaired) electrons. The lowest BCUT2D eigenvalue weighted by atomic mass is 9.95. The van der Waals surface area contributed by atoms with Crippen LogP contribution in [0.3, 0.4) is 0 Å². The average Bonchev–Trinajstić information content (AvgIpc) is 2.52. The summed E-state index contributed by atoms with van der Waals surface area (Å²) in [4.78, 5) is 0. The first-order valence-electron chi connectivity index (χ1n) is 7.61. The molecule has 0 aliphatic heterocycles. The van der Waals surface area contributed by atoms with Crippen molar-refractivity contribution >= 4 is 22.3 Å². The zero-order valence-electron chi connectivity index (χ0n) is 14.3. The number of allylic oxidation sites excluding steroid dienone is 1. The molecule has 0 spiro atoms. The third-order valence-electron chi connectivity index (χ3n) is 2.81. The third-order valence-corrected chi connectivity index (χ3v) is 3.29. The Kier molecular flexibility index (Phi) is 7.62. The molecule has 0 amide bonds. The van der Waals surface area contributed by atoms with E-state index in [0.29, 0.717) is 0 Å². The highest BCUT2D eigenvalue weighted by atomic mass is 32.2. The number of benzene rings is 2. The van der Waals surface area contributed by atoms with Gasteiger partial charge in [-0.3, -0.25) is 4.55 Å². The van der Waals surface area contributed by atoms with Crippen LogP contribution in [0.25, 0.3) is 12.2 Å². The minimum Gasteiger partial charge on any atom is -0.282 e. The molecule has 4 heteroatoms. The van der Waals surface area contributed by atoms with Gasteiger partial charge in [-0.15, -0.1) is 0 Å². The summed E-state index contributed by atoms with van der Waals surface area (Å²) in [6.07, 6.45) is 5.72. The first-order valence-corrected chi connectivity index (χ1v) is 9.11. The fourth-order valence-electron chi connectivity index (χ4n) is 1.64. The van der Waals surface area contributed by atoms with Gasteiger partial charge in [0.2, 0.25) is 0 Å². The molecule has 1 N–H and O–H groups in total. The zero-order chi connectivity index (χ0) is 18.1. The molecule has 0 fully saturated rings. The van der Waals surface area contributed by atoms with Gasteiger partial charge in [-0.25, -0.2) is 0 Å². The number of hydrogen-bond acceptors (Lipinski definition) is 2. The average molecular weight is 344 g/mol. The van der Waals surface area contributed by atoms with Crippen LogP contribution < -0.4 is 0 Å². The molecule has 0 unspecified atom stereocenters. The van der Waals surface area contributed by atoms with Gasteiger partial charge >= 0.3 is 0 Å². The van der Waals surface area contributed by atoms with E-state index in [1.54, 1.807) is 24.3 Å². The quantitative estimate of drug-likeness (QED) is 0.770. The molecule has 0 atom stereocenters. The van der Waals surface area contributed by atoms with Gasteiger partial charge in [-0.1, -0.05) is 93.6 Å². The lowest BCUT2D eigenvalue weighted by molar-refractivity contribution is 0.494. The molecular weight excluding hydrogens is 320 g/mol. The maximum Gasteiger partial charge on any atom is 0.287 e. The fourth-order valence-corrected chi connectivity index (χ4v) is 1.97. The van der Waals surface area contributed by atoms with Crippen molar-refractivity contribution in [2.75, 3.05) is 0 Å². The second-order valence-corrected chi connectivity index (χ2v) is 7.64. The predicted molar refractivity (Wildman–Crippen MR) is 102 cm³/mol. The molecule has 0 saturated carbocycles. The van der Waals surface area contributed by atoms with Crippen molar-refractivity contribution in [2.24, 2.45) is 5.41 Å². The number of rotatable bonds is 3. The molecule has 2 rings (SSSR count). The first-order chi connectivity index (χ1) is 11.2. The van der Waals surface area contributed by atoms with Crippen molar-refractivity contribution in [1.29, 1.82) is 0 Å². The van der Waals surface area contributed by atoms with Crippen LogP contribution in [-0.4, -0.2) is 13.0 Å². The van der Waals surface area contributed by atoms with E-state index in [4.69, 9.17) is 4.55 Å². The smallest absolute Gasteiger partial charge is 0.282 e. The maximum absolute atomic E-state index is 10.3. The highest BCUT2D eigenvalue weighted by Gasteiger charge is 2.02. The molecule has 0 bridgehead atoms. The van der Waals surface area contributed by atoms with E-state index in [9.17, 15) is 8.42 Å². The van der Waals surface area contributed by atoms with Crippen LogP contribution in [0.5, 0.6) is 0 Å². The van der Waals surface area contributed by atoms with Gasteiger partial charge in [0.25, 0.3) is 10.1 Å². The van der Waals surface area contributed by atoms with Crippen molar-refractivity contribution in [2.45, 2.75) is 20.8 Å². The monoisotopic (exact) mass is 344 g/mol. The summed E-state index contributed by atoms with van der Waals surface area (Å²) in [5, 5.41) is 0.752. The standard InChI is InChI=1S/C12H16.C8H8O3S/c1-12(2,3)10-9-11-7-5-4-6-8-11;9-12(10,11)7-6-8-4-2-1-3-5-8/h4-10H,1-3H3;1-7H,(H,9,10,11). The van der Waals surface area contributed by atoms with Crippen molar-refractivity contribution in [3.63, 3.8) is 0 Å². The van der Waals surface area contributed by atoms with E-state index < -0.39 is 10.1 Å². The topological polar surface area (TPSA) is 54.4 Å². The summed E-state index contributed by atoms with van der Waals surface area (Å²) in [5.74, 6) is 0. The van der Waals surface area contributed by atoms with Gasteiger partial charge < -0.3 is 0 Å². The molecule has 0 saturated heterocycles. The summed E-state index contributed by atoms with van der Waals surface area (Å²) in [6, 6.07) is 19.2. The van der Waals surface area contributed by atoms with Crippen LogP contribution >= 0.6 is 0 Å². The highest BCUT2D eigenvalue weighted by molar-refractivity contribution is 7.88. The van der Waals surface area contributed by atoms with Gasteiger partial charge in [0.15, 0.2) is 0 Å². The van der Waals surface area contributed by atoms with E-state index in [-0.39, 0.29) is 5.41 Å². The summed E-state index contributed by atoms with van der Waals surface area (Å²) < 4.78 is 28.9. The Morgan fingerprint density at radius 1 is 0.792 bits per heavy atom. The van der Waals surface area contributed by atoms with Gasteiger partial charge in [-0.05, 0) is 22.6 Å². The molecule has 0 aliphatic rings. The summed E-state index contributed by atoms with van der Waals surface area (Å²) in [6.45, 7) is 6.60. The van der Waals surface area contributed by atoms with E-state index >= 15 is 0 Å². The normalized spacial score (nSPS) is 12.2. The van der Waals surface area contributed by atoms with Gasteiger partial charge in [0, 0.05) is 0 Å². The molecule has 0 aliphatic carbocycles. The Bertz CT molecular complexity index is 754. The molecule has 2 aromatic carbocycles. The van der Waals surface area contributed by atoms with Crippen molar-refractivity contribution < 1.29 is 13.0 Å². The van der Waals surface area contributed by atoms with Crippen LogP contribution in [0.4, 0.5) is 0 Å². The molecule has 3 nitrogen and oxygen atoms in total. The minimum absolute atomic E-state index is 0.274. The Balaban J connectivity index is 0.000000240. The Labute approximate surface area is 145 Å². The fraction of sp³-hybridized carbons (Fsp3) is 0.200. The maximum atomic E-state index is 10.3. The molecule has 2 aromatic rings. The number of hydrogen-bond donors (Lipinski definition) is 1. The second-order valence-electron chi connectivity index (χ2n) is 6.34. The first kappa shape index (κ1) is 19.9. The Morgan fingerprint density at radius 2 is 1.21 bits per heavy atom. The van der Waals surface area contributed by atoms with E-state index in [0.717, 1.165) is 11.0 Å². The molecule has 0 heterocycles. The second kappa shape index (κ2) is 9.21. The van der Waals surface area contributed by atoms with Gasteiger partial charge in [0.1, 0.15) is 0 Å². The minimum atomic E-state index is -4.00. The molecular formula is C20H24O3S. The zero-order valence-corrected chi connectivity index (χ0v) is 15.1.